The monoisotopic (exact) mass is 333 g/mol. The Hall–Kier alpha value is -3.14. The Morgan fingerprint density at radius 2 is 1.60 bits per heavy atom. The first-order chi connectivity index (χ1) is 12.2. The molecule has 0 spiro atoms. The van der Waals surface area contributed by atoms with Gasteiger partial charge in [0.1, 0.15) is 0 Å². The molecule has 126 valence electrons. The summed E-state index contributed by atoms with van der Waals surface area (Å²) >= 11 is 0. The molecule has 0 saturated heterocycles. The minimum atomic E-state index is -0.292. The molecule has 1 aliphatic rings. The first kappa shape index (κ1) is 16.7. The first-order valence-electron chi connectivity index (χ1n) is 8.13. The zero-order chi connectivity index (χ0) is 17.6. The average Bonchev–Trinajstić information content (AvgIpc) is 3.05. The predicted molar refractivity (Wildman–Crippen MR) is 97.2 cm³/mol. The summed E-state index contributed by atoms with van der Waals surface area (Å²) in [6, 6.07) is 19.3. The van der Waals surface area contributed by atoms with Crippen LogP contribution in [-0.4, -0.2) is 19.0 Å². The summed E-state index contributed by atoms with van der Waals surface area (Å²) in [5.41, 5.74) is 4.09. The Morgan fingerprint density at radius 3 is 2.24 bits per heavy atom. The molecule has 0 aliphatic carbocycles. The molecular formula is C21H19NO3. The normalized spacial score (nSPS) is 15.4. The number of carbonyl (C=O) groups is 2. The van der Waals surface area contributed by atoms with Gasteiger partial charge in [0, 0.05) is 17.7 Å². The Kier molecular flexibility index (Phi) is 5.09. The number of benzene rings is 2. The van der Waals surface area contributed by atoms with E-state index in [0.29, 0.717) is 12.0 Å². The van der Waals surface area contributed by atoms with Crippen LogP contribution in [0.5, 0.6) is 0 Å². The molecular weight excluding hydrogens is 314 g/mol. The van der Waals surface area contributed by atoms with Crippen molar-refractivity contribution in [3.63, 3.8) is 0 Å². The number of methoxy groups -OCH3 is 1. The van der Waals surface area contributed by atoms with Crippen molar-refractivity contribution in [2.45, 2.75) is 12.8 Å². The van der Waals surface area contributed by atoms with Gasteiger partial charge in [0.05, 0.1) is 7.11 Å². The van der Waals surface area contributed by atoms with Crippen LogP contribution in [0.25, 0.3) is 11.3 Å². The van der Waals surface area contributed by atoms with Gasteiger partial charge in [0.2, 0.25) is 0 Å². The van der Waals surface area contributed by atoms with Crippen LogP contribution in [0.4, 0.5) is 0 Å². The fourth-order valence-corrected chi connectivity index (χ4v) is 2.84. The second kappa shape index (κ2) is 7.62. The maximum Gasteiger partial charge on any atom is 0.305 e. The van der Waals surface area contributed by atoms with Gasteiger partial charge in [-0.25, -0.2) is 0 Å². The van der Waals surface area contributed by atoms with Crippen LogP contribution in [-0.2, 0) is 14.3 Å². The zero-order valence-electron chi connectivity index (χ0n) is 14.0. The van der Waals surface area contributed by atoms with Gasteiger partial charge in [-0.2, -0.15) is 0 Å². The Labute approximate surface area is 146 Å². The van der Waals surface area contributed by atoms with Gasteiger partial charge in [-0.1, -0.05) is 60.7 Å². The van der Waals surface area contributed by atoms with Gasteiger partial charge in [-0.15, -0.1) is 0 Å². The van der Waals surface area contributed by atoms with Crippen molar-refractivity contribution >= 4 is 23.1 Å². The summed E-state index contributed by atoms with van der Waals surface area (Å²) in [6.45, 7) is 0. The van der Waals surface area contributed by atoms with Crippen molar-refractivity contribution in [3.05, 3.63) is 83.4 Å². The summed E-state index contributed by atoms with van der Waals surface area (Å²) in [5, 5.41) is 2.92. The third-order valence-electron chi connectivity index (χ3n) is 4.12. The number of rotatable bonds is 5. The van der Waals surface area contributed by atoms with Crippen molar-refractivity contribution in [1.29, 1.82) is 0 Å². The molecule has 0 atom stereocenters. The van der Waals surface area contributed by atoms with E-state index in [0.717, 1.165) is 22.4 Å². The van der Waals surface area contributed by atoms with Gasteiger partial charge >= 0.3 is 5.97 Å². The van der Waals surface area contributed by atoms with Crippen LogP contribution >= 0.6 is 0 Å². The van der Waals surface area contributed by atoms with Crippen molar-refractivity contribution in [2.24, 2.45) is 0 Å². The molecule has 1 heterocycles. The molecule has 0 bridgehead atoms. The van der Waals surface area contributed by atoms with Gasteiger partial charge in [-0.3, -0.25) is 9.59 Å². The highest BCUT2D eigenvalue weighted by molar-refractivity contribution is 6.13. The van der Waals surface area contributed by atoms with E-state index in [2.05, 4.69) is 5.32 Å². The molecule has 1 amide bonds. The van der Waals surface area contributed by atoms with E-state index in [4.69, 9.17) is 4.74 Å². The minimum absolute atomic E-state index is 0.150. The van der Waals surface area contributed by atoms with Crippen LogP contribution in [0.3, 0.4) is 0 Å². The highest BCUT2D eigenvalue weighted by atomic mass is 16.5. The highest BCUT2D eigenvalue weighted by Gasteiger charge is 2.23. The van der Waals surface area contributed by atoms with E-state index in [1.807, 2.05) is 66.7 Å². The maximum atomic E-state index is 12.5. The molecule has 0 aromatic heterocycles. The molecule has 2 aromatic rings. The van der Waals surface area contributed by atoms with Crippen molar-refractivity contribution < 1.29 is 14.3 Å². The third kappa shape index (κ3) is 3.86. The molecule has 1 aliphatic heterocycles. The topological polar surface area (TPSA) is 55.4 Å². The smallest absolute Gasteiger partial charge is 0.305 e. The molecule has 0 fully saturated rings. The number of hydrogen-bond donors (Lipinski definition) is 1. The summed E-state index contributed by atoms with van der Waals surface area (Å²) in [5.74, 6) is -0.442. The Bertz CT molecular complexity index is 836. The van der Waals surface area contributed by atoms with Crippen LogP contribution < -0.4 is 5.32 Å². The molecule has 1 N–H and O–H groups in total. The second-order valence-electron chi connectivity index (χ2n) is 5.71. The average molecular weight is 333 g/mol. The van der Waals surface area contributed by atoms with Gasteiger partial charge in [0.15, 0.2) is 0 Å². The van der Waals surface area contributed by atoms with Crippen molar-refractivity contribution in [3.8, 4) is 0 Å². The molecule has 25 heavy (non-hydrogen) atoms. The van der Waals surface area contributed by atoms with Crippen LogP contribution in [0.2, 0.25) is 0 Å². The van der Waals surface area contributed by atoms with Crippen molar-refractivity contribution in [2.75, 3.05) is 7.11 Å². The lowest BCUT2D eigenvalue weighted by molar-refractivity contribution is -0.140. The summed E-state index contributed by atoms with van der Waals surface area (Å²) in [6.07, 6.45) is 2.53. The second-order valence-corrected chi connectivity index (χ2v) is 5.71. The Morgan fingerprint density at radius 1 is 0.960 bits per heavy atom. The van der Waals surface area contributed by atoms with E-state index in [1.54, 1.807) is 0 Å². The van der Waals surface area contributed by atoms with Crippen LogP contribution in [0.15, 0.2) is 72.3 Å². The third-order valence-corrected chi connectivity index (χ3v) is 4.12. The molecule has 0 saturated carbocycles. The molecule has 4 heteroatoms. The number of hydrogen-bond acceptors (Lipinski definition) is 3. The summed E-state index contributed by atoms with van der Waals surface area (Å²) in [4.78, 5) is 24.1. The van der Waals surface area contributed by atoms with E-state index < -0.39 is 0 Å². The number of ether oxygens (including phenoxy) is 1. The number of allylic oxidation sites excluding steroid dienone is 1. The highest BCUT2D eigenvalue weighted by Crippen LogP contribution is 2.30. The van der Waals surface area contributed by atoms with Gasteiger partial charge in [-0.05, 0) is 29.2 Å². The van der Waals surface area contributed by atoms with Gasteiger partial charge in [0.25, 0.3) is 5.91 Å². The van der Waals surface area contributed by atoms with Gasteiger partial charge < -0.3 is 10.1 Å². The standard InChI is InChI=1S/C21H19NO3/c1-25-20(23)13-12-17(15-8-4-2-5-9-15)18-14-19(22-21(18)24)16-10-6-3-7-11-16/h2-11,14H,12-13H2,1H3,(H,22,24)/b18-17+. The minimum Gasteiger partial charge on any atom is -0.469 e. The fraction of sp³-hybridized carbons (Fsp3) is 0.143. The molecule has 0 unspecified atom stereocenters. The lowest BCUT2D eigenvalue weighted by Gasteiger charge is -2.09. The number of carbonyl (C=O) groups excluding carboxylic acids is 2. The molecule has 4 nitrogen and oxygen atoms in total. The summed E-state index contributed by atoms with van der Waals surface area (Å²) in [7, 11) is 1.37. The largest absolute Gasteiger partial charge is 0.469 e. The predicted octanol–water partition coefficient (Wildman–Crippen LogP) is 3.56. The number of nitrogens with one attached hydrogen (secondary N) is 1. The van der Waals surface area contributed by atoms with Crippen molar-refractivity contribution in [1.82, 2.24) is 5.32 Å². The summed E-state index contributed by atoms with van der Waals surface area (Å²) < 4.78 is 4.74. The Balaban J connectivity index is 2.02. The number of amides is 1. The van der Waals surface area contributed by atoms with E-state index >= 15 is 0 Å². The van der Waals surface area contributed by atoms with E-state index in [9.17, 15) is 9.59 Å². The first-order valence-corrected chi connectivity index (χ1v) is 8.13. The maximum absolute atomic E-state index is 12.5. The van der Waals surface area contributed by atoms with E-state index in [1.165, 1.54) is 7.11 Å². The lowest BCUT2D eigenvalue weighted by atomic mass is 9.95. The lowest BCUT2D eigenvalue weighted by Crippen LogP contribution is -2.17. The van der Waals surface area contributed by atoms with Crippen LogP contribution in [0, 0.1) is 0 Å². The SMILES string of the molecule is COC(=O)CC/C(=C1/C=C(c2ccccc2)NC1=O)c1ccccc1. The van der Waals surface area contributed by atoms with E-state index in [-0.39, 0.29) is 18.3 Å². The molecule has 0 radical (unpaired) electrons. The fourth-order valence-electron chi connectivity index (χ4n) is 2.84. The molecule has 3 rings (SSSR count). The quantitative estimate of drug-likeness (QED) is 0.672. The molecule has 2 aromatic carbocycles. The number of esters is 1. The van der Waals surface area contributed by atoms with Crippen LogP contribution in [0.1, 0.15) is 24.0 Å². The zero-order valence-corrected chi connectivity index (χ0v) is 14.0.